The maximum Gasteiger partial charge on any atom is 0.305 e. The van der Waals surface area contributed by atoms with Crippen LogP contribution in [0.15, 0.2) is 78.0 Å². The standard InChI is InChI=1S/C28H31NO4/c1-21-6-4-5-7-26(21)27(29-32-3)20-33-25-17-14-24(15-18-25)13-10-22-8-11-23(12-9-22)16-19-28(30)31-2/h4-9,11-12,14-15,17-18H,10,13,16,19-20H2,1-3H3/b29-27+. The summed E-state index contributed by atoms with van der Waals surface area (Å²) >= 11 is 0. The molecule has 0 saturated carbocycles. The smallest absolute Gasteiger partial charge is 0.305 e. The summed E-state index contributed by atoms with van der Waals surface area (Å²) in [6.07, 6.45) is 3.01. The van der Waals surface area contributed by atoms with Crippen molar-refractivity contribution in [3.63, 3.8) is 0 Å². The fourth-order valence-corrected chi connectivity index (χ4v) is 3.57. The summed E-state index contributed by atoms with van der Waals surface area (Å²) in [5.41, 5.74) is 6.58. The van der Waals surface area contributed by atoms with Gasteiger partial charge in [0.25, 0.3) is 0 Å². The second-order valence-electron chi connectivity index (χ2n) is 7.86. The monoisotopic (exact) mass is 445 g/mol. The highest BCUT2D eigenvalue weighted by atomic mass is 16.6. The van der Waals surface area contributed by atoms with Crippen LogP contribution in [0.3, 0.4) is 0 Å². The molecule has 0 aliphatic heterocycles. The summed E-state index contributed by atoms with van der Waals surface area (Å²) in [6.45, 7) is 2.38. The zero-order valence-electron chi connectivity index (χ0n) is 19.5. The molecule has 0 radical (unpaired) electrons. The molecule has 0 aromatic heterocycles. The highest BCUT2D eigenvalue weighted by Gasteiger charge is 2.09. The summed E-state index contributed by atoms with van der Waals surface area (Å²) in [6, 6.07) is 24.7. The molecule has 0 spiro atoms. The summed E-state index contributed by atoms with van der Waals surface area (Å²) < 4.78 is 10.7. The number of carbonyl (C=O) groups is 1. The van der Waals surface area contributed by atoms with Gasteiger partial charge in [-0.25, -0.2) is 0 Å². The average Bonchev–Trinajstić information content (AvgIpc) is 2.85. The summed E-state index contributed by atoms with van der Waals surface area (Å²) in [5.74, 6) is 0.620. The number of aryl methyl sites for hydroxylation is 4. The molecule has 3 rings (SSSR count). The highest BCUT2D eigenvalue weighted by Crippen LogP contribution is 2.17. The predicted octanol–water partition coefficient (Wildman–Crippen LogP) is 5.32. The SMILES string of the molecule is CO/N=C(\COc1ccc(CCc2ccc(CCC(=O)OC)cc2)cc1)c1ccccc1C. The van der Waals surface area contributed by atoms with Gasteiger partial charge in [-0.3, -0.25) is 4.79 Å². The fraction of sp³-hybridized carbons (Fsp3) is 0.286. The van der Waals surface area contributed by atoms with Crippen molar-refractivity contribution in [3.05, 3.63) is 101 Å². The molecule has 0 bridgehead atoms. The Morgan fingerprint density at radius 2 is 1.36 bits per heavy atom. The number of ether oxygens (including phenoxy) is 2. The van der Waals surface area contributed by atoms with Gasteiger partial charge in [-0.1, -0.05) is 65.8 Å². The molecule has 0 fully saturated rings. The van der Waals surface area contributed by atoms with E-state index in [0.29, 0.717) is 19.4 Å². The van der Waals surface area contributed by atoms with E-state index in [1.807, 2.05) is 43.3 Å². The normalized spacial score (nSPS) is 11.2. The van der Waals surface area contributed by atoms with Crippen LogP contribution in [0, 0.1) is 6.92 Å². The number of hydrogen-bond acceptors (Lipinski definition) is 5. The van der Waals surface area contributed by atoms with Crippen LogP contribution >= 0.6 is 0 Å². The molecule has 5 heteroatoms. The Morgan fingerprint density at radius 1 is 0.788 bits per heavy atom. The Bertz CT molecular complexity index is 1060. The topological polar surface area (TPSA) is 57.1 Å². The maximum atomic E-state index is 11.3. The lowest BCUT2D eigenvalue weighted by Crippen LogP contribution is -2.14. The van der Waals surface area contributed by atoms with Crippen LogP contribution in [-0.2, 0) is 33.6 Å². The van der Waals surface area contributed by atoms with E-state index in [1.54, 1.807) is 7.11 Å². The lowest BCUT2D eigenvalue weighted by molar-refractivity contribution is -0.140. The second kappa shape index (κ2) is 12.4. The minimum absolute atomic E-state index is 0.177. The number of benzene rings is 3. The first-order valence-electron chi connectivity index (χ1n) is 11.1. The van der Waals surface area contributed by atoms with Gasteiger partial charge in [0.05, 0.1) is 7.11 Å². The molecular weight excluding hydrogens is 414 g/mol. The number of carbonyl (C=O) groups excluding carboxylic acids is 1. The van der Waals surface area contributed by atoms with Crippen molar-refractivity contribution in [3.8, 4) is 5.75 Å². The third-order valence-electron chi connectivity index (χ3n) is 5.53. The molecule has 33 heavy (non-hydrogen) atoms. The lowest BCUT2D eigenvalue weighted by Gasteiger charge is -2.11. The van der Waals surface area contributed by atoms with Gasteiger partial charge in [0.2, 0.25) is 0 Å². The molecule has 0 aliphatic rings. The van der Waals surface area contributed by atoms with Crippen LogP contribution < -0.4 is 4.74 Å². The molecule has 0 aliphatic carbocycles. The number of rotatable bonds is 11. The van der Waals surface area contributed by atoms with E-state index in [4.69, 9.17) is 14.3 Å². The Balaban J connectivity index is 1.50. The molecule has 5 nitrogen and oxygen atoms in total. The van der Waals surface area contributed by atoms with Crippen molar-refractivity contribution in [1.82, 2.24) is 0 Å². The van der Waals surface area contributed by atoms with Crippen molar-refractivity contribution in [2.75, 3.05) is 20.8 Å². The van der Waals surface area contributed by atoms with E-state index in [2.05, 4.69) is 41.6 Å². The molecule has 0 N–H and O–H groups in total. The van der Waals surface area contributed by atoms with Gasteiger partial charge in [0, 0.05) is 12.0 Å². The Morgan fingerprint density at radius 3 is 1.94 bits per heavy atom. The van der Waals surface area contributed by atoms with Crippen LogP contribution in [0.1, 0.15) is 34.2 Å². The molecular formula is C28H31NO4. The minimum atomic E-state index is -0.177. The predicted molar refractivity (Wildman–Crippen MR) is 131 cm³/mol. The van der Waals surface area contributed by atoms with Crippen LogP contribution in [0.5, 0.6) is 5.75 Å². The minimum Gasteiger partial charge on any atom is -0.487 e. The zero-order valence-corrected chi connectivity index (χ0v) is 19.5. The summed E-state index contributed by atoms with van der Waals surface area (Å²) in [7, 11) is 2.96. The second-order valence-corrected chi connectivity index (χ2v) is 7.86. The Hall–Kier alpha value is -3.60. The van der Waals surface area contributed by atoms with Crippen LogP contribution in [0.25, 0.3) is 0 Å². The molecule has 0 heterocycles. The van der Waals surface area contributed by atoms with Gasteiger partial charge in [0.15, 0.2) is 0 Å². The average molecular weight is 446 g/mol. The van der Waals surface area contributed by atoms with E-state index in [0.717, 1.165) is 41.0 Å². The molecule has 0 saturated heterocycles. The van der Waals surface area contributed by atoms with Crippen molar-refractivity contribution >= 4 is 11.7 Å². The molecule has 3 aromatic rings. The van der Waals surface area contributed by atoms with Gasteiger partial charge in [-0.15, -0.1) is 0 Å². The van der Waals surface area contributed by atoms with Crippen molar-refractivity contribution in [2.45, 2.75) is 32.6 Å². The Kier molecular flexibility index (Phi) is 9.07. The first-order valence-corrected chi connectivity index (χ1v) is 11.1. The van der Waals surface area contributed by atoms with Gasteiger partial charge < -0.3 is 14.3 Å². The van der Waals surface area contributed by atoms with Crippen molar-refractivity contribution < 1.29 is 19.1 Å². The first kappa shape index (κ1) is 24.1. The van der Waals surface area contributed by atoms with Crippen LogP contribution in [0.2, 0.25) is 0 Å². The van der Waals surface area contributed by atoms with Crippen molar-refractivity contribution in [1.29, 1.82) is 0 Å². The molecule has 0 unspecified atom stereocenters. The largest absolute Gasteiger partial charge is 0.487 e. The first-order chi connectivity index (χ1) is 16.1. The number of oxime groups is 1. The number of hydrogen-bond donors (Lipinski definition) is 0. The summed E-state index contributed by atoms with van der Waals surface area (Å²) in [4.78, 5) is 16.3. The number of nitrogens with zero attached hydrogens (tertiary/aromatic N) is 1. The van der Waals surface area contributed by atoms with E-state index >= 15 is 0 Å². The third kappa shape index (κ3) is 7.49. The Labute approximate surface area is 196 Å². The van der Waals surface area contributed by atoms with E-state index in [9.17, 15) is 4.79 Å². The highest BCUT2D eigenvalue weighted by molar-refractivity contribution is 6.02. The van der Waals surface area contributed by atoms with Gasteiger partial charge in [0.1, 0.15) is 25.2 Å². The maximum absolute atomic E-state index is 11.3. The van der Waals surface area contributed by atoms with Gasteiger partial charge in [-0.2, -0.15) is 0 Å². The molecule has 172 valence electrons. The van der Waals surface area contributed by atoms with Gasteiger partial charge in [-0.05, 0) is 60.6 Å². The summed E-state index contributed by atoms with van der Waals surface area (Å²) in [5, 5.41) is 4.15. The molecule has 0 atom stereocenters. The van der Waals surface area contributed by atoms with Crippen molar-refractivity contribution in [2.24, 2.45) is 5.16 Å². The zero-order chi connectivity index (χ0) is 23.5. The molecule has 0 amide bonds. The number of methoxy groups -OCH3 is 1. The fourth-order valence-electron chi connectivity index (χ4n) is 3.57. The number of esters is 1. The molecule has 3 aromatic carbocycles. The van der Waals surface area contributed by atoms with Gasteiger partial charge >= 0.3 is 5.97 Å². The quantitative estimate of drug-likeness (QED) is 0.228. The third-order valence-corrected chi connectivity index (χ3v) is 5.53. The van der Waals surface area contributed by atoms with E-state index in [-0.39, 0.29) is 5.97 Å². The van der Waals surface area contributed by atoms with Crippen LogP contribution in [0.4, 0.5) is 0 Å². The van der Waals surface area contributed by atoms with Crippen LogP contribution in [-0.4, -0.2) is 32.5 Å². The lowest BCUT2D eigenvalue weighted by atomic mass is 10.0. The van der Waals surface area contributed by atoms with E-state index in [1.165, 1.54) is 18.2 Å². The van der Waals surface area contributed by atoms with E-state index < -0.39 is 0 Å².